The normalized spacial score (nSPS) is 26.0. The predicted molar refractivity (Wildman–Crippen MR) is 86.9 cm³/mol. The average molecular weight is 303 g/mol. The standard InChI is InChI=1S/C17H25N3O2/c1-2-9-18-13-5-3-12(4-6-13)11-19-17(21)20-15-10-14-7-8-16(15)22-14/h3-6,14-16,18H,2,7-11H2,1H3,(H2,19,20,21). The van der Waals surface area contributed by atoms with E-state index in [1.807, 2.05) is 24.3 Å². The number of hydrogen-bond donors (Lipinski definition) is 3. The first-order chi connectivity index (χ1) is 10.7. The molecule has 2 bridgehead atoms. The van der Waals surface area contributed by atoms with Crippen LogP contribution in [0.3, 0.4) is 0 Å². The summed E-state index contributed by atoms with van der Waals surface area (Å²) in [5, 5.41) is 9.29. The van der Waals surface area contributed by atoms with Crippen LogP contribution in [-0.4, -0.2) is 30.8 Å². The molecule has 0 spiro atoms. The van der Waals surface area contributed by atoms with Gasteiger partial charge in [0.1, 0.15) is 0 Å². The Labute approximate surface area is 131 Å². The number of urea groups is 1. The van der Waals surface area contributed by atoms with Crippen LogP contribution in [0.15, 0.2) is 24.3 Å². The molecule has 3 rings (SSSR count). The fraction of sp³-hybridized carbons (Fsp3) is 0.588. The molecule has 1 aromatic carbocycles. The van der Waals surface area contributed by atoms with Crippen molar-refractivity contribution < 1.29 is 9.53 Å². The van der Waals surface area contributed by atoms with E-state index in [1.165, 1.54) is 0 Å². The van der Waals surface area contributed by atoms with Gasteiger partial charge in [0.2, 0.25) is 0 Å². The van der Waals surface area contributed by atoms with Gasteiger partial charge in [-0.2, -0.15) is 0 Å². The smallest absolute Gasteiger partial charge is 0.315 e. The van der Waals surface area contributed by atoms with Crippen LogP contribution in [0.1, 0.15) is 38.2 Å². The van der Waals surface area contributed by atoms with Crippen LogP contribution < -0.4 is 16.0 Å². The highest BCUT2D eigenvalue weighted by atomic mass is 16.5. The lowest BCUT2D eigenvalue weighted by Gasteiger charge is -2.20. The van der Waals surface area contributed by atoms with Crippen molar-refractivity contribution in [3.63, 3.8) is 0 Å². The molecule has 5 nitrogen and oxygen atoms in total. The minimum absolute atomic E-state index is 0.102. The molecule has 5 heteroatoms. The second-order valence-corrected chi connectivity index (χ2v) is 6.17. The Kier molecular flexibility index (Phi) is 4.83. The van der Waals surface area contributed by atoms with E-state index in [0.29, 0.717) is 12.6 Å². The summed E-state index contributed by atoms with van der Waals surface area (Å²) in [7, 11) is 0. The number of amides is 2. The fourth-order valence-electron chi connectivity index (χ4n) is 3.20. The lowest BCUT2D eigenvalue weighted by atomic mass is 9.96. The molecule has 0 aromatic heterocycles. The molecule has 3 unspecified atom stereocenters. The van der Waals surface area contributed by atoms with E-state index in [0.717, 1.165) is 43.5 Å². The lowest BCUT2D eigenvalue weighted by Crippen LogP contribution is -2.46. The summed E-state index contributed by atoms with van der Waals surface area (Å²) >= 11 is 0. The van der Waals surface area contributed by atoms with Gasteiger partial charge in [-0.05, 0) is 43.4 Å². The van der Waals surface area contributed by atoms with Crippen LogP contribution in [0.25, 0.3) is 0 Å². The molecule has 3 atom stereocenters. The summed E-state index contributed by atoms with van der Waals surface area (Å²) < 4.78 is 5.74. The van der Waals surface area contributed by atoms with E-state index in [9.17, 15) is 4.79 Å². The van der Waals surface area contributed by atoms with E-state index < -0.39 is 0 Å². The van der Waals surface area contributed by atoms with Gasteiger partial charge in [0.05, 0.1) is 18.2 Å². The molecule has 3 N–H and O–H groups in total. The molecular formula is C17H25N3O2. The first kappa shape index (κ1) is 15.2. The molecule has 2 heterocycles. The maximum Gasteiger partial charge on any atom is 0.315 e. The largest absolute Gasteiger partial charge is 0.385 e. The van der Waals surface area contributed by atoms with E-state index in [4.69, 9.17) is 4.74 Å². The number of rotatable bonds is 6. The van der Waals surface area contributed by atoms with E-state index in [-0.39, 0.29) is 18.2 Å². The van der Waals surface area contributed by atoms with Crippen molar-refractivity contribution in [1.82, 2.24) is 10.6 Å². The van der Waals surface area contributed by atoms with Gasteiger partial charge in [0.25, 0.3) is 0 Å². The summed E-state index contributed by atoms with van der Waals surface area (Å²) in [4.78, 5) is 12.0. The van der Waals surface area contributed by atoms with Crippen LogP contribution in [0.4, 0.5) is 10.5 Å². The Hall–Kier alpha value is -1.75. The van der Waals surface area contributed by atoms with Gasteiger partial charge in [-0.1, -0.05) is 19.1 Å². The van der Waals surface area contributed by atoms with Gasteiger partial charge in [0.15, 0.2) is 0 Å². The molecule has 2 aliphatic rings. The number of ether oxygens (including phenoxy) is 1. The molecule has 0 aliphatic carbocycles. The Morgan fingerprint density at radius 1 is 1.27 bits per heavy atom. The zero-order chi connectivity index (χ0) is 15.4. The molecule has 2 amide bonds. The molecule has 22 heavy (non-hydrogen) atoms. The minimum atomic E-state index is -0.102. The summed E-state index contributed by atoms with van der Waals surface area (Å²) in [5.41, 5.74) is 2.22. The molecule has 0 saturated carbocycles. The van der Waals surface area contributed by atoms with Gasteiger partial charge < -0.3 is 20.7 Å². The number of hydrogen-bond acceptors (Lipinski definition) is 3. The SMILES string of the molecule is CCCNc1ccc(CNC(=O)NC2CC3CCC2O3)cc1. The van der Waals surface area contributed by atoms with E-state index in [2.05, 4.69) is 22.9 Å². The topological polar surface area (TPSA) is 62.4 Å². The van der Waals surface area contributed by atoms with Crippen LogP contribution in [0.5, 0.6) is 0 Å². The number of anilines is 1. The molecule has 0 radical (unpaired) electrons. The quantitative estimate of drug-likeness (QED) is 0.757. The van der Waals surface area contributed by atoms with Gasteiger partial charge in [-0.25, -0.2) is 4.79 Å². The summed E-state index contributed by atoms with van der Waals surface area (Å²) in [6.07, 6.45) is 4.86. The van der Waals surface area contributed by atoms with Crippen molar-refractivity contribution in [1.29, 1.82) is 0 Å². The second kappa shape index (κ2) is 7.01. The maximum atomic E-state index is 12.0. The fourth-order valence-corrected chi connectivity index (χ4v) is 3.20. The van der Waals surface area contributed by atoms with Crippen LogP contribution >= 0.6 is 0 Å². The third-order valence-electron chi connectivity index (χ3n) is 4.41. The molecule has 2 fully saturated rings. The molecule has 120 valence electrons. The first-order valence-corrected chi connectivity index (χ1v) is 8.27. The highest BCUT2D eigenvalue weighted by Crippen LogP contribution is 2.34. The Bertz CT molecular complexity index is 503. The zero-order valence-corrected chi connectivity index (χ0v) is 13.1. The highest BCUT2D eigenvalue weighted by molar-refractivity contribution is 5.74. The number of nitrogens with one attached hydrogen (secondary N) is 3. The van der Waals surface area contributed by atoms with Crippen LogP contribution in [0.2, 0.25) is 0 Å². The van der Waals surface area contributed by atoms with Gasteiger partial charge in [-0.3, -0.25) is 0 Å². The lowest BCUT2D eigenvalue weighted by molar-refractivity contribution is 0.0981. The van der Waals surface area contributed by atoms with Crippen LogP contribution in [-0.2, 0) is 11.3 Å². The van der Waals surface area contributed by atoms with Crippen molar-refractivity contribution in [2.75, 3.05) is 11.9 Å². The first-order valence-electron chi connectivity index (χ1n) is 8.27. The Morgan fingerprint density at radius 2 is 2.09 bits per heavy atom. The summed E-state index contributed by atoms with van der Waals surface area (Å²) in [6.45, 7) is 3.66. The molecule has 2 aliphatic heterocycles. The molecular weight excluding hydrogens is 278 g/mol. The molecule has 2 saturated heterocycles. The van der Waals surface area contributed by atoms with Gasteiger partial charge >= 0.3 is 6.03 Å². The maximum absolute atomic E-state index is 12.0. The summed E-state index contributed by atoms with van der Waals surface area (Å²) in [5.74, 6) is 0. The number of carbonyl (C=O) groups excluding carboxylic acids is 1. The van der Waals surface area contributed by atoms with E-state index in [1.54, 1.807) is 0 Å². The monoisotopic (exact) mass is 303 g/mol. The number of benzene rings is 1. The summed E-state index contributed by atoms with van der Waals surface area (Å²) in [6, 6.07) is 8.26. The van der Waals surface area contributed by atoms with Crippen molar-refractivity contribution in [2.24, 2.45) is 0 Å². The highest BCUT2D eigenvalue weighted by Gasteiger charge is 2.41. The third-order valence-corrected chi connectivity index (χ3v) is 4.41. The van der Waals surface area contributed by atoms with Gasteiger partial charge in [0, 0.05) is 18.8 Å². The third kappa shape index (κ3) is 3.71. The van der Waals surface area contributed by atoms with Crippen molar-refractivity contribution >= 4 is 11.7 Å². The predicted octanol–water partition coefficient (Wildman–Crippen LogP) is 2.63. The number of carbonyl (C=O) groups is 1. The number of fused-ring (bicyclic) bond motifs is 2. The van der Waals surface area contributed by atoms with Crippen molar-refractivity contribution in [2.45, 2.75) is 57.4 Å². The Morgan fingerprint density at radius 3 is 2.73 bits per heavy atom. The molecule has 1 aromatic rings. The second-order valence-electron chi connectivity index (χ2n) is 6.17. The van der Waals surface area contributed by atoms with Crippen molar-refractivity contribution in [3.05, 3.63) is 29.8 Å². The average Bonchev–Trinajstić information content (AvgIpc) is 3.14. The van der Waals surface area contributed by atoms with Crippen LogP contribution in [0, 0.1) is 0 Å². The minimum Gasteiger partial charge on any atom is -0.385 e. The van der Waals surface area contributed by atoms with Crippen molar-refractivity contribution in [3.8, 4) is 0 Å². The van der Waals surface area contributed by atoms with E-state index >= 15 is 0 Å². The van der Waals surface area contributed by atoms with Gasteiger partial charge in [-0.15, -0.1) is 0 Å². The zero-order valence-electron chi connectivity index (χ0n) is 13.1. The Balaban J connectivity index is 1.41.